The monoisotopic (exact) mass is 390 g/mol. The highest BCUT2D eigenvalue weighted by atomic mass is 16.5. The molecule has 3 amide bonds. The van der Waals surface area contributed by atoms with Crippen molar-refractivity contribution in [3.8, 4) is 0 Å². The quantitative estimate of drug-likeness (QED) is 0.500. The first kappa shape index (κ1) is 21.4. The fourth-order valence-corrected chi connectivity index (χ4v) is 2.73. The van der Waals surface area contributed by atoms with E-state index in [1.807, 2.05) is 44.2 Å². The Morgan fingerprint density at radius 2 is 1.93 bits per heavy atom. The van der Waals surface area contributed by atoms with Gasteiger partial charge < -0.3 is 15.4 Å². The first-order valence-electron chi connectivity index (χ1n) is 9.21. The van der Waals surface area contributed by atoms with E-state index in [1.54, 1.807) is 0 Å². The molecule has 1 fully saturated rings. The summed E-state index contributed by atoms with van der Waals surface area (Å²) in [6, 6.07) is 7.34. The van der Waals surface area contributed by atoms with Gasteiger partial charge in [0.25, 0.3) is 0 Å². The number of nitrogens with one attached hydrogen (secondary N) is 4. The van der Waals surface area contributed by atoms with E-state index in [0.717, 1.165) is 5.56 Å². The fourth-order valence-electron chi connectivity index (χ4n) is 2.73. The number of ketones is 1. The summed E-state index contributed by atoms with van der Waals surface area (Å²) < 4.78 is 5.17. The molecule has 1 aliphatic heterocycles. The van der Waals surface area contributed by atoms with Gasteiger partial charge in [0, 0.05) is 6.54 Å². The van der Waals surface area contributed by atoms with Crippen molar-refractivity contribution >= 4 is 23.7 Å². The molecule has 1 aliphatic rings. The lowest BCUT2D eigenvalue weighted by Gasteiger charge is -2.22. The summed E-state index contributed by atoms with van der Waals surface area (Å²) in [5.74, 6) is -1.95. The Morgan fingerprint density at radius 3 is 2.61 bits per heavy atom. The second-order valence-corrected chi connectivity index (χ2v) is 6.98. The van der Waals surface area contributed by atoms with Crippen LogP contribution in [0.25, 0.3) is 0 Å². The first-order valence-corrected chi connectivity index (χ1v) is 9.21. The van der Waals surface area contributed by atoms with Gasteiger partial charge in [0.05, 0.1) is 6.04 Å². The molecule has 9 heteroatoms. The second-order valence-electron chi connectivity index (χ2n) is 6.98. The fraction of sp³-hybridized carbons (Fsp3) is 0.474. The third-order valence-electron chi connectivity index (χ3n) is 4.15. The van der Waals surface area contributed by atoms with Gasteiger partial charge >= 0.3 is 12.0 Å². The molecule has 9 nitrogen and oxygen atoms in total. The van der Waals surface area contributed by atoms with Crippen LogP contribution in [0.4, 0.5) is 4.79 Å². The summed E-state index contributed by atoms with van der Waals surface area (Å²) in [7, 11) is 0. The topological polar surface area (TPSA) is 126 Å². The number of Topliss-reactive ketones (excluding diaryl/α,β-unsaturated/α-hetero) is 1. The van der Waals surface area contributed by atoms with Crippen LogP contribution in [0.3, 0.4) is 0 Å². The maximum absolute atomic E-state index is 12.6. The van der Waals surface area contributed by atoms with Crippen molar-refractivity contribution in [3.05, 3.63) is 35.9 Å². The van der Waals surface area contributed by atoms with Gasteiger partial charge in [-0.15, -0.1) is 0 Å². The smallest absolute Gasteiger partial charge is 0.408 e. The number of rotatable bonds is 7. The van der Waals surface area contributed by atoms with Gasteiger partial charge in [-0.25, -0.2) is 10.2 Å². The van der Waals surface area contributed by atoms with Gasteiger partial charge in [0.2, 0.25) is 11.7 Å². The van der Waals surface area contributed by atoms with Crippen LogP contribution in [-0.2, 0) is 25.7 Å². The van der Waals surface area contributed by atoms with Gasteiger partial charge in [0.15, 0.2) is 0 Å². The molecular weight excluding hydrogens is 364 g/mol. The minimum Gasteiger partial charge on any atom is -0.445 e. The molecule has 1 saturated heterocycles. The Bertz CT molecular complexity index is 708. The molecule has 1 heterocycles. The van der Waals surface area contributed by atoms with E-state index in [9.17, 15) is 19.2 Å². The van der Waals surface area contributed by atoms with Crippen LogP contribution in [0.2, 0.25) is 0 Å². The molecule has 0 aromatic heterocycles. The molecular formula is C19H26N4O5. The Kier molecular flexibility index (Phi) is 7.94. The lowest BCUT2D eigenvalue weighted by molar-refractivity contribution is -0.140. The van der Waals surface area contributed by atoms with Crippen LogP contribution >= 0.6 is 0 Å². The summed E-state index contributed by atoms with van der Waals surface area (Å²) in [6.07, 6.45) is -0.107. The van der Waals surface area contributed by atoms with Crippen LogP contribution in [0, 0.1) is 5.92 Å². The highest BCUT2D eigenvalue weighted by Crippen LogP contribution is 2.08. The van der Waals surface area contributed by atoms with E-state index in [0.29, 0.717) is 13.0 Å². The number of benzene rings is 1. The van der Waals surface area contributed by atoms with Gasteiger partial charge in [-0.2, -0.15) is 0 Å². The van der Waals surface area contributed by atoms with Gasteiger partial charge in [-0.1, -0.05) is 44.2 Å². The third kappa shape index (κ3) is 6.66. The highest BCUT2D eigenvalue weighted by Gasteiger charge is 2.31. The summed E-state index contributed by atoms with van der Waals surface area (Å²) in [5, 5.41) is 5.11. The minimum atomic E-state index is -0.945. The number of carbonyl (C=O) groups is 4. The van der Waals surface area contributed by atoms with Crippen molar-refractivity contribution < 1.29 is 23.9 Å². The van der Waals surface area contributed by atoms with E-state index < -0.39 is 35.8 Å². The van der Waals surface area contributed by atoms with Crippen LogP contribution in [0.5, 0.6) is 0 Å². The molecule has 0 saturated carbocycles. The van der Waals surface area contributed by atoms with Crippen molar-refractivity contribution in [1.29, 1.82) is 0 Å². The number of hydrazine groups is 1. The van der Waals surface area contributed by atoms with Gasteiger partial charge in [-0.05, 0) is 24.3 Å². The molecule has 2 atom stereocenters. The number of ether oxygens (including phenoxy) is 1. The zero-order chi connectivity index (χ0) is 20.5. The minimum absolute atomic E-state index is 0.0790. The molecule has 28 heavy (non-hydrogen) atoms. The zero-order valence-corrected chi connectivity index (χ0v) is 16.0. The Labute approximate surface area is 163 Å². The third-order valence-corrected chi connectivity index (χ3v) is 4.15. The second kappa shape index (κ2) is 10.4. The van der Waals surface area contributed by atoms with Crippen LogP contribution in [0.15, 0.2) is 30.3 Å². The maximum Gasteiger partial charge on any atom is 0.408 e. The molecule has 0 radical (unpaired) electrons. The van der Waals surface area contributed by atoms with Crippen molar-refractivity contribution in [1.82, 2.24) is 21.5 Å². The van der Waals surface area contributed by atoms with E-state index in [-0.39, 0.29) is 18.9 Å². The van der Waals surface area contributed by atoms with Crippen molar-refractivity contribution in [2.24, 2.45) is 5.92 Å². The normalized spacial score (nSPS) is 18.0. The average Bonchev–Trinajstić information content (AvgIpc) is 2.82. The van der Waals surface area contributed by atoms with Crippen molar-refractivity contribution in [2.75, 3.05) is 6.54 Å². The Balaban J connectivity index is 1.95. The summed E-state index contributed by atoms with van der Waals surface area (Å²) in [4.78, 5) is 48.4. The van der Waals surface area contributed by atoms with Crippen LogP contribution < -0.4 is 21.5 Å². The number of alkyl carbamates (subject to hydrolysis) is 1. The zero-order valence-electron chi connectivity index (χ0n) is 16.0. The SMILES string of the molecule is CC(C)CC(NC(=O)OCc1ccccc1)C(=O)NC1CCNNC(=O)C1=O. The van der Waals surface area contributed by atoms with E-state index in [4.69, 9.17) is 4.74 Å². The Morgan fingerprint density at radius 1 is 1.21 bits per heavy atom. The standard InChI is InChI=1S/C19H26N4O5/c1-12(2)10-15(22-19(27)28-11-13-6-4-3-5-7-13)17(25)21-14-8-9-20-23-18(26)16(14)24/h3-7,12,14-15,20H,8-11H2,1-2H3,(H,21,25)(H,22,27)(H,23,26). The largest absolute Gasteiger partial charge is 0.445 e. The lowest BCUT2D eigenvalue weighted by atomic mass is 10.0. The maximum atomic E-state index is 12.6. The molecule has 0 spiro atoms. The predicted molar refractivity (Wildman–Crippen MR) is 101 cm³/mol. The lowest BCUT2D eigenvalue weighted by Crippen LogP contribution is -2.53. The molecule has 2 unspecified atom stereocenters. The molecule has 0 aliphatic carbocycles. The number of hydrogen-bond donors (Lipinski definition) is 4. The molecule has 1 aromatic rings. The first-order chi connectivity index (χ1) is 13.4. The van der Waals surface area contributed by atoms with E-state index in [1.165, 1.54) is 0 Å². The molecule has 1 aromatic carbocycles. The van der Waals surface area contributed by atoms with E-state index in [2.05, 4.69) is 21.5 Å². The molecule has 0 bridgehead atoms. The average molecular weight is 390 g/mol. The number of hydrogen-bond acceptors (Lipinski definition) is 6. The number of carbonyl (C=O) groups excluding carboxylic acids is 4. The van der Waals surface area contributed by atoms with E-state index >= 15 is 0 Å². The number of amides is 3. The van der Waals surface area contributed by atoms with Crippen molar-refractivity contribution in [2.45, 2.75) is 45.4 Å². The van der Waals surface area contributed by atoms with Gasteiger partial charge in [0.1, 0.15) is 12.6 Å². The van der Waals surface area contributed by atoms with Crippen LogP contribution in [-0.4, -0.2) is 42.3 Å². The van der Waals surface area contributed by atoms with Crippen LogP contribution in [0.1, 0.15) is 32.3 Å². The highest BCUT2D eigenvalue weighted by molar-refractivity contribution is 6.38. The molecule has 2 rings (SSSR count). The van der Waals surface area contributed by atoms with Crippen molar-refractivity contribution in [3.63, 3.8) is 0 Å². The predicted octanol–water partition coefficient (Wildman–Crippen LogP) is 0.406. The summed E-state index contributed by atoms with van der Waals surface area (Å²) in [6.45, 7) is 4.23. The van der Waals surface area contributed by atoms with Gasteiger partial charge in [-0.3, -0.25) is 19.8 Å². The summed E-state index contributed by atoms with van der Waals surface area (Å²) >= 11 is 0. The summed E-state index contributed by atoms with van der Waals surface area (Å²) in [5.41, 5.74) is 5.66. The Hall–Kier alpha value is -2.94. The molecule has 4 N–H and O–H groups in total. The molecule has 152 valence electrons.